The molecule has 0 spiro atoms. The van der Waals surface area contributed by atoms with Gasteiger partial charge in [0.2, 0.25) is 5.91 Å². The summed E-state index contributed by atoms with van der Waals surface area (Å²) < 4.78 is 0. The van der Waals surface area contributed by atoms with Gasteiger partial charge in [-0.3, -0.25) is 9.69 Å². The third-order valence-electron chi connectivity index (χ3n) is 3.28. The third-order valence-corrected chi connectivity index (χ3v) is 3.28. The van der Waals surface area contributed by atoms with Crippen molar-refractivity contribution < 1.29 is 4.79 Å². The van der Waals surface area contributed by atoms with Crippen LogP contribution in [0, 0.1) is 0 Å². The first-order valence-electron chi connectivity index (χ1n) is 5.89. The van der Waals surface area contributed by atoms with Gasteiger partial charge in [0.05, 0.1) is 6.54 Å². The van der Waals surface area contributed by atoms with Gasteiger partial charge in [0.25, 0.3) is 0 Å². The first kappa shape index (κ1) is 12.5. The first-order chi connectivity index (χ1) is 7.15. The summed E-state index contributed by atoms with van der Waals surface area (Å²) in [5, 5.41) is 0. The Balaban J connectivity index is 2.54. The first-order valence-corrected chi connectivity index (χ1v) is 5.89. The van der Waals surface area contributed by atoms with E-state index in [1.54, 1.807) is 0 Å². The molecule has 0 saturated heterocycles. The van der Waals surface area contributed by atoms with Crippen molar-refractivity contribution in [1.29, 1.82) is 0 Å². The van der Waals surface area contributed by atoms with Crippen LogP contribution in [0.5, 0.6) is 0 Å². The molecule has 0 bridgehead atoms. The molecular weight excluding hydrogens is 190 g/mol. The predicted octanol–water partition coefficient (Wildman–Crippen LogP) is 0.454. The van der Waals surface area contributed by atoms with Gasteiger partial charge in [-0.1, -0.05) is 12.8 Å². The largest absolute Gasteiger partial charge is 0.369 e. The van der Waals surface area contributed by atoms with E-state index in [0.717, 1.165) is 6.42 Å². The molecule has 1 fully saturated rings. The Kier molecular flexibility index (Phi) is 5.05. The monoisotopic (exact) mass is 213 g/mol. The standard InChI is InChI=1S/C11H23N3O/c1-9(6-7-12)14(8-11(13)15)10-4-2-3-5-10/h9-10H,2-8,12H2,1H3,(H2,13,15). The highest BCUT2D eigenvalue weighted by molar-refractivity contribution is 5.76. The minimum Gasteiger partial charge on any atom is -0.369 e. The minimum absolute atomic E-state index is 0.231. The van der Waals surface area contributed by atoms with Crippen molar-refractivity contribution in [3.63, 3.8) is 0 Å². The molecule has 0 aliphatic heterocycles. The number of rotatable bonds is 6. The van der Waals surface area contributed by atoms with Gasteiger partial charge < -0.3 is 11.5 Å². The van der Waals surface area contributed by atoms with Gasteiger partial charge in [-0.2, -0.15) is 0 Å². The average molecular weight is 213 g/mol. The van der Waals surface area contributed by atoms with Crippen molar-refractivity contribution in [2.24, 2.45) is 11.5 Å². The van der Waals surface area contributed by atoms with Crippen LogP contribution in [0.25, 0.3) is 0 Å². The van der Waals surface area contributed by atoms with Crippen molar-refractivity contribution >= 4 is 5.91 Å². The average Bonchev–Trinajstić information content (AvgIpc) is 2.66. The molecule has 1 atom stereocenters. The second-order valence-electron chi connectivity index (χ2n) is 4.50. The van der Waals surface area contributed by atoms with E-state index in [4.69, 9.17) is 11.5 Å². The van der Waals surface area contributed by atoms with E-state index < -0.39 is 0 Å². The molecule has 0 radical (unpaired) electrons. The molecule has 0 aromatic carbocycles. The summed E-state index contributed by atoms with van der Waals surface area (Å²) in [6.45, 7) is 3.18. The number of nitrogens with zero attached hydrogens (tertiary/aromatic N) is 1. The van der Waals surface area contributed by atoms with Gasteiger partial charge in [-0.25, -0.2) is 0 Å². The van der Waals surface area contributed by atoms with Gasteiger partial charge in [-0.05, 0) is 32.7 Å². The molecule has 4 heteroatoms. The van der Waals surface area contributed by atoms with Crippen LogP contribution in [0.15, 0.2) is 0 Å². The van der Waals surface area contributed by atoms with Crippen LogP contribution >= 0.6 is 0 Å². The van der Waals surface area contributed by atoms with E-state index in [1.807, 2.05) is 0 Å². The summed E-state index contributed by atoms with van der Waals surface area (Å²) in [5.74, 6) is -0.231. The lowest BCUT2D eigenvalue weighted by Crippen LogP contribution is -2.46. The highest BCUT2D eigenvalue weighted by Crippen LogP contribution is 2.25. The second kappa shape index (κ2) is 6.08. The van der Waals surface area contributed by atoms with E-state index in [-0.39, 0.29) is 5.91 Å². The summed E-state index contributed by atoms with van der Waals surface area (Å²) in [5.41, 5.74) is 10.8. The van der Waals surface area contributed by atoms with Crippen LogP contribution in [0.2, 0.25) is 0 Å². The molecule has 1 aliphatic carbocycles. The van der Waals surface area contributed by atoms with Crippen LogP contribution < -0.4 is 11.5 Å². The third kappa shape index (κ3) is 3.80. The van der Waals surface area contributed by atoms with E-state index in [1.165, 1.54) is 25.7 Å². The zero-order chi connectivity index (χ0) is 11.3. The van der Waals surface area contributed by atoms with Gasteiger partial charge >= 0.3 is 0 Å². The highest BCUT2D eigenvalue weighted by atomic mass is 16.1. The smallest absolute Gasteiger partial charge is 0.231 e. The predicted molar refractivity (Wildman–Crippen MR) is 61.3 cm³/mol. The molecule has 4 N–H and O–H groups in total. The van der Waals surface area contributed by atoms with Crippen molar-refractivity contribution in [2.45, 2.75) is 51.1 Å². The topological polar surface area (TPSA) is 72.3 Å². The molecule has 1 saturated carbocycles. The van der Waals surface area contributed by atoms with E-state index in [2.05, 4.69) is 11.8 Å². The van der Waals surface area contributed by atoms with Crippen molar-refractivity contribution in [3.05, 3.63) is 0 Å². The number of carbonyl (C=O) groups is 1. The SMILES string of the molecule is CC(CCN)N(CC(N)=O)C1CCCC1. The number of hydrogen-bond acceptors (Lipinski definition) is 3. The lowest BCUT2D eigenvalue weighted by atomic mass is 10.1. The van der Waals surface area contributed by atoms with E-state index in [0.29, 0.717) is 25.2 Å². The molecule has 1 unspecified atom stereocenters. The Hall–Kier alpha value is -0.610. The Morgan fingerprint density at radius 3 is 2.53 bits per heavy atom. The van der Waals surface area contributed by atoms with Gasteiger partial charge in [0, 0.05) is 12.1 Å². The number of primary amides is 1. The maximum atomic E-state index is 11.0. The van der Waals surface area contributed by atoms with Gasteiger partial charge in [0.1, 0.15) is 0 Å². The molecular formula is C11H23N3O. The van der Waals surface area contributed by atoms with Crippen LogP contribution in [0.3, 0.4) is 0 Å². The van der Waals surface area contributed by atoms with Gasteiger partial charge in [-0.15, -0.1) is 0 Å². The summed E-state index contributed by atoms with van der Waals surface area (Å²) in [7, 11) is 0. The Morgan fingerprint density at radius 2 is 2.07 bits per heavy atom. The fourth-order valence-corrected chi connectivity index (χ4v) is 2.47. The maximum Gasteiger partial charge on any atom is 0.231 e. The fraction of sp³-hybridized carbons (Fsp3) is 0.909. The Bertz CT molecular complexity index is 202. The summed E-state index contributed by atoms with van der Waals surface area (Å²) >= 11 is 0. The lowest BCUT2D eigenvalue weighted by molar-refractivity contribution is -0.120. The summed E-state index contributed by atoms with van der Waals surface area (Å²) in [6.07, 6.45) is 5.87. The fourth-order valence-electron chi connectivity index (χ4n) is 2.47. The maximum absolute atomic E-state index is 11.0. The molecule has 1 amide bonds. The summed E-state index contributed by atoms with van der Waals surface area (Å²) in [4.78, 5) is 13.3. The highest BCUT2D eigenvalue weighted by Gasteiger charge is 2.26. The molecule has 1 rings (SSSR count). The van der Waals surface area contributed by atoms with Crippen LogP contribution in [-0.2, 0) is 4.79 Å². The number of nitrogens with two attached hydrogens (primary N) is 2. The number of hydrogen-bond donors (Lipinski definition) is 2. The molecule has 0 heterocycles. The molecule has 0 aromatic heterocycles. The van der Waals surface area contributed by atoms with Crippen LogP contribution in [0.1, 0.15) is 39.0 Å². The molecule has 15 heavy (non-hydrogen) atoms. The zero-order valence-electron chi connectivity index (χ0n) is 9.61. The lowest BCUT2D eigenvalue weighted by Gasteiger charge is -2.33. The Labute approximate surface area is 92.0 Å². The molecule has 1 aliphatic rings. The quantitative estimate of drug-likeness (QED) is 0.673. The molecule has 88 valence electrons. The normalized spacial score (nSPS) is 19.7. The van der Waals surface area contributed by atoms with E-state index >= 15 is 0 Å². The van der Waals surface area contributed by atoms with Crippen molar-refractivity contribution in [2.75, 3.05) is 13.1 Å². The second-order valence-corrected chi connectivity index (χ2v) is 4.50. The van der Waals surface area contributed by atoms with Gasteiger partial charge in [0.15, 0.2) is 0 Å². The van der Waals surface area contributed by atoms with E-state index in [9.17, 15) is 4.79 Å². The van der Waals surface area contributed by atoms with Crippen molar-refractivity contribution in [1.82, 2.24) is 4.90 Å². The van der Waals surface area contributed by atoms with Crippen LogP contribution in [0.4, 0.5) is 0 Å². The van der Waals surface area contributed by atoms with Crippen LogP contribution in [-0.4, -0.2) is 36.0 Å². The zero-order valence-corrected chi connectivity index (χ0v) is 9.61. The molecule has 4 nitrogen and oxygen atoms in total. The van der Waals surface area contributed by atoms with Crippen molar-refractivity contribution in [3.8, 4) is 0 Å². The molecule has 0 aromatic rings. The minimum atomic E-state index is -0.231. The number of amides is 1. The Morgan fingerprint density at radius 1 is 1.47 bits per heavy atom. The summed E-state index contributed by atoms with van der Waals surface area (Å²) in [6, 6.07) is 0.907. The number of carbonyl (C=O) groups excluding carboxylic acids is 1.